The molecule has 0 saturated heterocycles. The van der Waals surface area contributed by atoms with Crippen molar-refractivity contribution in [3.05, 3.63) is 65.3 Å². The number of aromatic nitrogens is 4. The van der Waals surface area contributed by atoms with Crippen molar-refractivity contribution in [1.29, 1.82) is 0 Å². The topological polar surface area (TPSA) is 137 Å². The second kappa shape index (κ2) is 10.3. The predicted molar refractivity (Wildman–Crippen MR) is 133 cm³/mol. The summed E-state index contributed by atoms with van der Waals surface area (Å²) >= 11 is 7.88. The summed E-state index contributed by atoms with van der Waals surface area (Å²) in [6, 6.07) is 14.3. The number of aromatic amines is 1. The molecule has 174 valence electrons. The lowest BCUT2D eigenvalue weighted by Gasteiger charge is -2.11. The van der Waals surface area contributed by atoms with Gasteiger partial charge in [-0.15, -0.1) is 11.8 Å². The number of rotatable bonds is 7. The highest BCUT2D eigenvalue weighted by molar-refractivity contribution is 7.98. The second-order valence-corrected chi connectivity index (χ2v) is 8.24. The third-order valence-corrected chi connectivity index (χ3v) is 5.28. The van der Waals surface area contributed by atoms with E-state index < -0.39 is 6.03 Å². The van der Waals surface area contributed by atoms with Crippen LogP contribution < -0.4 is 20.7 Å². The molecule has 0 atom stereocenters. The largest absolute Gasteiger partial charge is 0.508 e. The van der Waals surface area contributed by atoms with E-state index in [0.717, 1.165) is 5.03 Å². The number of ether oxygens (including phenoxy) is 1. The number of carbonyl (C=O) groups is 1. The van der Waals surface area contributed by atoms with Crippen molar-refractivity contribution in [1.82, 2.24) is 20.2 Å². The zero-order chi connectivity index (χ0) is 24.1. The number of nitrogens with zero attached hydrogens (tertiary/aromatic N) is 3. The van der Waals surface area contributed by atoms with Gasteiger partial charge in [0.2, 0.25) is 0 Å². The molecule has 34 heavy (non-hydrogen) atoms. The van der Waals surface area contributed by atoms with Crippen LogP contribution in [0, 0.1) is 6.92 Å². The van der Waals surface area contributed by atoms with Crippen molar-refractivity contribution in [3.63, 3.8) is 0 Å². The van der Waals surface area contributed by atoms with Gasteiger partial charge in [0.05, 0.1) is 5.02 Å². The number of carbonyl (C=O) groups excluding carboxylic acids is 1. The normalized spacial score (nSPS) is 10.6. The number of phenols is 1. The van der Waals surface area contributed by atoms with Crippen LogP contribution in [0.4, 0.5) is 27.8 Å². The van der Waals surface area contributed by atoms with E-state index in [-0.39, 0.29) is 16.8 Å². The number of nitrogens with one attached hydrogen (secondary N) is 4. The molecule has 4 aromatic rings. The second-order valence-electron chi connectivity index (χ2n) is 7.00. The van der Waals surface area contributed by atoms with Gasteiger partial charge in [-0.05, 0) is 43.5 Å². The van der Waals surface area contributed by atoms with E-state index in [1.807, 2.05) is 19.2 Å². The van der Waals surface area contributed by atoms with E-state index in [9.17, 15) is 9.90 Å². The van der Waals surface area contributed by atoms with Gasteiger partial charge in [-0.2, -0.15) is 10.1 Å². The summed E-state index contributed by atoms with van der Waals surface area (Å²) in [6.07, 6.45) is 1.94. The lowest BCUT2D eigenvalue weighted by atomic mass is 10.3. The number of halogens is 1. The molecule has 12 heteroatoms. The first-order valence-electron chi connectivity index (χ1n) is 9.94. The lowest BCUT2D eigenvalue weighted by Crippen LogP contribution is -2.19. The Balaban J connectivity index is 1.43. The van der Waals surface area contributed by atoms with Crippen molar-refractivity contribution < 1.29 is 14.6 Å². The molecule has 2 heterocycles. The van der Waals surface area contributed by atoms with Crippen LogP contribution in [0.25, 0.3) is 0 Å². The van der Waals surface area contributed by atoms with Gasteiger partial charge in [0.25, 0.3) is 0 Å². The molecular weight excluding hydrogens is 478 g/mol. The summed E-state index contributed by atoms with van der Waals surface area (Å²) in [6.45, 7) is 1.82. The summed E-state index contributed by atoms with van der Waals surface area (Å²) in [7, 11) is 0. The highest BCUT2D eigenvalue weighted by Crippen LogP contribution is 2.31. The number of aryl methyl sites for hydroxylation is 1. The summed E-state index contributed by atoms with van der Waals surface area (Å²) in [5.41, 5.74) is 1.59. The quantitative estimate of drug-likeness (QED) is 0.203. The molecule has 0 aliphatic carbocycles. The van der Waals surface area contributed by atoms with Gasteiger partial charge in [0.1, 0.15) is 28.2 Å². The number of phenolic OH excluding ortho intramolecular Hbond substituents is 1. The van der Waals surface area contributed by atoms with Crippen molar-refractivity contribution in [2.45, 2.75) is 11.9 Å². The number of H-pyrrole nitrogens is 1. The van der Waals surface area contributed by atoms with Crippen LogP contribution in [0.2, 0.25) is 5.02 Å². The number of urea groups is 1. The molecule has 0 saturated carbocycles. The molecule has 0 radical (unpaired) electrons. The fraction of sp³-hybridized carbons (Fsp3) is 0.0909. The highest BCUT2D eigenvalue weighted by atomic mass is 35.5. The number of benzene rings is 2. The van der Waals surface area contributed by atoms with E-state index in [1.165, 1.54) is 23.9 Å². The van der Waals surface area contributed by atoms with Gasteiger partial charge >= 0.3 is 12.0 Å². The molecule has 0 fully saturated rings. The highest BCUT2D eigenvalue weighted by Gasteiger charge is 2.11. The minimum absolute atomic E-state index is 0.0494. The van der Waals surface area contributed by atoms with Gasteiger partial charge < -0.3 is 25.8 Å². The number of aromatic hydroxyl groups is 1. The Kier molecular flexibility index (Phi) is 7.04. The maximum atomic E-state index is 12.2. The first kappa shape index (κ1) is 23.2. The van der Waals surface area contributed by atoms with Crippen molar-refractivity contribution in [2.24, 2.45) is 0 Å². The molecule has 4 rings (SSSR count). The molecule has 2 aromatic carbocycles. The Morgan fingerprint density at radius 2 is 1.88 bits per heavy atom. The van der Waals surface area contributed by atoms with Crippen molar-refractivity contribution >= 4 is 52.4 Å². The lowest BCUT2D eigenvalue weighted by molar-refractivity contribution is 0.262. The summed E-state index contributed by atoms with van der Waals surface area (Å²) in [5, 5.41) is 26.1. The van der Waals surface area contributed by atoms with Crippen LogP contribution in [-0.4, -0.2) is 37.6 Å². The van der Waals surface area contributed by atoms with Gasteiger partial charge in [-0.1, -0.05) is 17.7 Å². The van der Waals surface area contributed by atoms with Crippen LogP contribution in [0.15, 0.2) is 59.6 Å². The Bertz CT molecular complexity index is 1330. The number of thioether (sulfide) groups is 1. The van der Waals surface area contributed by atoms with Gasteiger partial charge in [-0.25, -0.2) is 9.78 Å². The molecule has 0 aliphatic rings. The summed E-state index contributed by atoms with van der Waals surface area (Å²) in [5.74, 6) is 1.58. The molecule has 2 aromatic heterocycles. The molecule has 0 bridgehead atoms. The third kappa shape index (κ3) is 6.09. The Hall–Kier alpha value is -3.96. The molecular formula is C22H20ClN7O3S. The van der Waals surface area contributed by atoms with E-state index in [0.29, 0.717) is 34.5 Å². The molecule has 0 spiro atoms. The van der Waals surface area contributed by atoms with Gasteiger partial charge in [0.15, 0.2) is 0 Å². The first-order valence-corrected chi connectivity index (χ1v) is 11.5. The molecule has 0 aliphatic heterocycles. The average molecular weight is 498 g/mol. The van der Waals surface area contributed by atoms with Crippen LogP contribution in [0.5, 0.6) is 17.5 Å². The number of hydrogen-bond acceptors (Lipinski definition) is 8. The fourth-order valence-electron chi connectivity index (χ4n) is 2.90. The van der Waals surface area contributed by atoms with Crippen LogP contribution in [0.3, 0.4) is 0 Å². The molecule has 0 unspecified atom stereocenters. The zero-order valence-electron chi connectivity index (χ0n) is 18.1. The number of amides is 2. The number of hydrogen-bond donors (Lipinski definition) is 5. The molecule has 5 N–H and O–H groups in total. The van der Waals surface area contributed by atoms with Crippen LogP contribution >= 0.6 is 23.4 Å². The SMILES string of the molecule is CSc1cc(Nc2cc(C)nc(Oc3ccc(NC(=O)Nc4cccc(O)c4)cc3Cl)n2)[nH]n1. The first-order chi connectivity index (χ1) is 16.4. The monoisotopic (exact) mass is 497 g/mol. The fourth-order valence-corrected chi connectivity index (χ4v) is 3.49. The zero-order valence-corrected chi connectivity index (χ0v) is 19.7. The molecule has 2 amide bonds. The maximum Gasteiger partial charge on any atom is 0.324 e. The van der Waals surface area contributed by atoms with Gasteiger partial charge in [-0.3, -0.25) is 5.10 Å². The maximum absolute atomic E-state index is 12.2. The molecule has 10 nitrogen and oxygen atoms in total. The van der Waals surface area contributed by atoms with E-state index in [1.54, 1.807) is 36.4 Å². The smallest absolute Gasteiger partial charge is 0.324 e. The van der Waals surface area contributed by atoms with Crippen LogP contribution in [0.1, 0.15) is 5.69 Å². The standard InChI is InChI=1S/C22H20ClN7O3S/c1-12-8-18(27-19-11-20(34-2)30-29-19)28-22(24-12)33-17-7-6-14(10-16(17)23)26-21(32)25-13-4-3-5-15(31)9-13/h3-11,31H,1-2H3,(H2,25,26,32)(H2,24,27,28,29,30). The average Bonchev–Trinajstić information content (AvgIpc) is 3.23. The minimum atomic E-state index is -0.489. The van der Waals surface area contributed by atoms with E-state index >= 15 is 0 Å². The van der Waals surface area contributed by atoms with E-state index in [2.05, 4.69) is 36.1 Å². The van der Waals surface area contributed by atoms with Crippen molar-refractivity contribution in [2.75, 3.05) is 22.2 Å². The van der Waals surface area contributed by atoms with E-state index in [4.69, 9.17) is 16.3 Å². The Morgan fingerprint density at radius 1 is 1.09 bits per heavy atom. The minimum Gasteiger partial charge on any atom is -0.508 e. The Morgan fingerprint density at radius 3 is 2.59 bits per heavy atom. The Labute approximate surface area is 204 Å². The summed E-state index contributed by atoms with van der Waals surface area (Å²) < 4.78 is 5.78. The predicted octanol–water partition coefficient (Wildman–Crippen LogP) is 5.77. The van der Waals surface area contributed by atoms with Crippen LogP contribution in [-0.2, 0) is 0 Å². The van der Waals surface area contributed by atoms with Crippen molar-refractivity contribution in [3.8, 4) is 17.5 Å². The number of anilines is 4. The summed E-state index contributed by atoms with van der Waals surface area (Å²) in [4.78, 5) is 20.9. The third-order valence-electron chi connectivity index (χ3n) is 4.35. The van der Waals surface area contributed by atoms with Gasteiger partial charge in [0, 0.05) is 35.3 Å².